The monoisotopic (exact) mass is 319 g/mol. The number of fused-ring (bicyclic) bond motifs is 1. The number of hydrogen-bond donors (Lipinski definition) is 2. The van der Waals surface area contributed by atoms with Crippen LogP contribution in [0.1, 0.15) is 57.6 Å². The second-order valence-electron chi connectivity index (χ2n) is 6.54. The smallest absolute Gasteiger partial charge is 0.129 e. The van der Waals surface area contributed by atoms with Gasteiger partial charge in [0, 0.05) is 25.8 Å². The van der Waals surface area contributed by atoms with Crippen LogP contribution >= 0.6 is 0 Å². The van der Waals surface area contributed by atoms with E-state index in [1.54, 1.807) is 0 Å². The molecule has 1 aromatic heterocycles. The van der Waals surface area contributed by atoms with Crippen molar-refractivity contribution in [3.8, 4) is 0 Å². The molecule has 1 fully saturated rings. The maximum absolute atomic E-state index is 5.79. The highest BCUT2D eigenvalue weighted by molar-refractivity contribution is 5.52. The summed E-state index contributed by atoms with van der Waals surface area (Å²) in [6, 6.07) is 2.15. The zero-order valence-corrected chi connectivity index (χ0v) is 15.1. The van der Waals surface area contributed by atoms with Crippen molar-refractivity contribution in [3.05, 3.63) is 23.4 Å². The molecule has 0 saturated carbocycles. The predicted molar refractivity (Wildman–Crippen MR) is 97.2 cm³/mol. The molecule has 0 aromatic carbocycles. The fourth-order valence-corrected chi connectivity index (χ4v) is 3.50. The Bertz CT molecular complexity index is 464. The number of anilines is 1. The number of rotatable bonds is 5. The van der Waals surface area contributed by atoms with Crippen molar-refractivity contribution in [1.82, 2.24) is 10.3 Å². The van der Waals surface area contributed by atoms with Crippen LogP contribution < -0.4 is 10.6 Å². The van der Waals surface area contributed by atoms with Gasteiger partial charge in [-0.25, -0.2) is 4.98 Å². The molecule has 2 N–H and O–H groups in total. The van der Waals surface area contributed by atoms with Gasteiger partial charge in [-0.1, -0.05) is 33.6 Å². The van der Waals surface area contributed by atoms with Crippen molar-refractivity contribution in [2.24, 2.45) is 0 Å². The first kappa shape index (κ1) is 18.2. The molecule has 3 heterocycles. The zero-order valence-electron chi connectivity index (χ0n) is 15.1. The number of nitrogens with zero attached hydrogens (tertiary/aromatic N) is 1. The number of aromatic nitrogens is 1. The molecule has 1 aromatic rings. The molecule has 0 bridgehead atoms. The van der Waals surface area contributed by atoms with Gasteiger partial charge in [-0.15, -0.1) is 0 Å². The van der Waals surface area contributed by atoms with Crippen LogP contribution in [0.2, 0.25) is 0 Å². The summed E-state index contributed by atoms with van der Waals surface area (Å²) < 4.78 is 5.79. The van der Waals surface area contributed by atoms with Crippen LogP contribution in [0.4, 0.5) is 5.82 Å². The molecular weight excluding hydrogens is 286 g/mol. The third-order valence-corrected chi connectivity index (χ3v) is 4.82. The number of pyridine rings is 1. The maximum Gasteiger partial charge on any atom is 0.129 e. The van der Waals surface area contributed by atoms with E-state index in [1.807, 2.05) is 6.20 Å². The SMILES string of the molecule is CCCC1(CC)CNCCO1.CCCc1ccnc2c1CCN2. The molecule has 2 aliphatic rings. The Labute approximate surface area is 141 Å². The number of hydrogen-bond acceptors (Lipinski definition) is 4. The molecule has 4 nitrogen and oxygen atoms in total. The largest absolute Gasteiger partial charge is 0.372 e. The van der Waals surface area contributed by atoms with Crippen LogP contribution in [0.3, 0.4) is 0 Å². The molecule has 2 aliphatic heterocycles. The normalized spacial score (nSPS) is 22.7. The number of nitrogens with one attached hydrogen (secondary N) is 2. The quantitative estimate of drug-likeness (QED) is 0.871. The molecule has 0 radical (unpaired) electrons. The van der Waals surface area contributed by atoms with Crippen LogP contribution in [0.15, 0.2) is 12.3 Å². The second kappa shape index (κ2) is 9.24. The van der Waals surface area contributed by atoms with Gasteiger partial charge >= 0.3 is 0 Å². The summed E-state index contributed by atoms with van der Waals surface area (Å²) in [5.41, 5.74) is 3.08. The Kier molecular flexibility index (Phi) is 7.31. The Morgan fingerprint density at radius 3 is 2.74 bits per heavy atom. The number of aryl methyl sites for hydroxylation is 1. The Balaban J connectivity index is 0.000000168. The molecule has 1 atom stereocenters. The molecular formula is C19H33N3O. The van der Waals surface area contributed by atoms with Crippen molar-refractivity contribution >= 4 is 5.82 Å². The van der Waals surface area contributed by atoms with Gasteiger partial charge in [-0.2, -0.15) is 0 Å². The zero-order chi connectivity index (χ0) is 16.5. The van der Waals surface area contributed by atoms with E-state index in [1.165, 1.54) is 36.8 Å². The first-order valence-electron chi connectivity index (χ1n) is 9.30. The van der Waals surface area contributed by atoms with E-state index in [0.717, 1.165) is 44.9 Å². The summed E-state index contributed by atoms with van der Waals surface area (Å²) in [5, 5.41) is 6.67. The summed E-state index contributed by atoms with van der Waals surface area (Å²) in [6.45, 7) is 10.6. The van der Waals surface area contributed by atoms with Crippen LogP contribution in [-0.2, 0) is 17.6 Å². The van der Waals surface area contributed by atoms with Crippen LogP contribution in [0, 0.1) is 0 Å². The highest BCUT2D eigenvalue weighted by atomic mass is 16.5. The molecule has 3 rings (SSSR count). The van der Waals surface area contributed by atoms with Crippen molar-refractivity contribution in [2.75, 3.05) is 31.6 Å². The van der Waals surface area contributed by atoms with E-state index in [0.29, 0.717) is 0 Å². The lowest BCUT2D eigenvalue weighted by Crippen LogP contribution is -2.49. The number of ether oxygens (including phenoxy) is 1. The van der Waals surface area contributed by atoms with Gasteiger partial charge in [0.15, 0.2) is 0 Å². The minimum Gasteiger partial charge on any atom is -0.372 e. The van der Waals surface area contributed by atoms with Gasteiger partial charge in [0.1, 0.15) is 5.82 Å². The molecule has 0 aliphatic carbocycles. The minimum atomic E-state index is 0.160. The highest BCUT2D eigenvalue weighted by Crippen LogP contribution is 2.24. The third-order valence-electron chi connectivity index (χ3n) is 4.82. The first-order valence-corrected chi connectivity index (χ1v) is 9.30. The number of morpholine rings is 1. The summed E-state index contributed by atoms with van der Waals surface area (Å²) >= 11 is 0. The minimum absolute atomic E-state index is 0.160. The molecule has 1 unspecified atom stereocenters. The van der Waals surface area contributed by atoms with Gasteiger partial charge in [-0.3, -0.25) is 0 Å². The summed E-state index contributed by atoms with van der Waals surface area (Å²) in [5.74, 6) is 1.11. The van der Waals surface area contributed by atoms with Gasteiger partial charge < -0.3 is 15.4 Å². The fraction of sp³-hybridized carbons (Fsp3) is 0.737. The standard InChI is InChI=1S/C10H14N2.C9H19NO/c1-2-3-8-4-6-11-10-9(8)5-7-12-10;1-3-5-9(4-2)8-10-6-7-11-9/h4,6H,2-3,5,7H2,1H3,(H,11,12);10H,3-8H2,1-2H3. The van der Waals surface area contributed by atoms with E-state index >= 15 is 0 Å². The topological polar surface area (TPSA) is 46.2 Å². The molecule has 4 heteroatoms. The average molecular weight is 319 g/mol. The van der Waals surface area contributed by atoms with Crippen molar-refractivity contribution in [1.29, 1.82) is 0 Å². The Morgan fingerprint density at radius 1 is 1.22 bits per heavy atom. The van der Waals surface area contributed by atoms with E-state index in [4.69, 9.17) is 4.74 Å². The van der Waals surface area contributed by atoms with E-state index < -0.39 is 0 Å². The second-order valence-corrected chi connectivity index (χ2v) is 6.54. The Hall–Kier alpha value is -1.13. The van der Waals surface area contributed by atoms with Crippen molar-refractivity contribution < 1.29 is 4.74 Å². The lowest BCUT2D eigenvalue weighted by Gasteiger charge is -2.36. The van der Waals surface area contributed by atoms with E-state index in [2.05, 4.69) is 42.5 Å². The van der Waals surface area contributed by atoms with Crippen LogP contribution in [0.5, 0.6) is 0 Å². The molecule has 0 amide bonds. The highest BCUT2D eigenvalue weighted by Gasteiger charge is 2.29. The van der Waals surface area contributed by atoms with Crippen molar-refractivity contribution in [3.63, 3.8) is 0 Å². The van der Waals surface area contributed by atoms with Crippen LogP contribution in [-0.4, -0.2) is 36.8 Å². The molecule has 1 saturated heterocycles. The molecule has 130 valence electrons. The third kappa shape index (κ3) is 4.92. The van der Waals surface area contributed by atoms with Crippen LogP contribution in [0.25, 0.3) is 0 Å². The van der Waals surface area contributed by atoms with E-state index in [9.17, 15) is 0 Å². The summed E-state index contributed by atoms with van der Waals surface area (Å²) in [4.78, 5) is 4.29. The van der Waals surface area contributed by atoms with Gasteiger partial charge in [0.2, 0.25) is 0 Å². The fourth-order valence-electron chi connectivity index (χ4n) is 3.50. The van der Waals surface area contributed by atoms with Gasteiger partial charge in [0.25, 0.3) is 0 Å². The van der Waals surface area contributed by atoms with E-state index in [-0.39, 0.29) is 5.60 Å². The lowest BCUT2D eigenvalue weighted by molar-refractivity contribution is -0.0738. The van der Waals surface area contributed by atoms with Gasteiger partial charge in [-0.05, 0) is 42.9 Å². The summed E-state index contributed by atoms with van der Waals surface area (Å²) in [7, 11) is 0. The van der Waals surface area contributed by atoms with Gasteiger partial charge in [0.05, 0.1) is 12.2 Å². The first-order chi connectivity index (χ1) is 11.2. The summed E-state index contributed by atoms with van der Waals surface area (Å²) in [6.07, 6.45) is 9.00. The average Bonchev–Trinajstić information content (AvgIpc) is 3.07. The Morgan fingerprint density at radius 2 is 2.09 bits per heavy atom. The molecule has 0 spiro atoms. The lowest BCUT2D eigenvalue weighted by atomic mass is 9.93. The maximum atomic E-state index is 5.79. The predicted octanol–water partition coefficient (Wildman–Crippen LogP) is 3.56. The molecule has 23 heavy (non-hydrogen) atoms. The van der Waals surface area contributed by atoms with Crippen molar-refractivity contribution in [2.45, 2.75) is 64.9 Å².